The number of fused-ring (bicyclic) bond motifs is 13. The Kier molecular flexibility index (Phi) is 16.1. The molecule has 0 radical (unpaired) electrons. The third-order valence-electron chi connectivity index (χ3n) is 17.3. The molecule has 6 heterocycles. The molecule has 0 aliphatic heterocycles. The van der Waals surface area contributed by atoms with E-state index in [4.69, 9.17) is 0 Å². The molecule has 2 aliphatic carbocycles. The van der Waals surface area contributed by atoms with Crippen LogP contribution in [-0.4, -0.2) is 12.6 Å². The fourth-order valence-electron chi connectivity index (χ4n) is 13.3. The molecular weight excluding hydrogens is 1070 g/mol. The molecule has 0 N–H and O–H groups in total. The molecule has 6 aromatic heterocycles. The van der Waals surface area contributed by atoms with Gasteiger partial charge in [0.2, 0.25) is 0 Å². The lowest BCUT2D eigenvalue weighted by Crippen LogP contribution is -2.29. The molecule has 2 aliphatic rings. The van der Waals surface area contributed by atoms with E-state index in [9.17, 15) is 9.59 Å². The van der Waals surface area contributed by atoms with Crippen LogP contribution < -0.4 is 0 Å². The minimum Gasteiger partial charge on any atom is -0.297 e. The molecule has 8 heteroatoms. The van der Waals surface area contributed by atoms with Crippen LogP contribution in [0.5, 0.6) is 0 Å². The molecule has 0 amide bonds. The molecular formula is C70H72O2S6. The van der Waals surface area contributed by atoms with Crippen molar-refractivity contribution >= 4 is 109 Å². The molecule has 400 valence electrons. The summed E-state index contributed by atoms with van der Waals surface area (Å²) in [6, 6.07) is 43.5. The molecule has 0 atom stereocenters. The number of carbonyl (C=O) groups excluding carboxylic acids is 2. The van der Waals surface area contributed by atoms with E-state index in [1.807, 2.05) is 45.3 Å². The molecule has 78 heavy (non-hydrogen) atoms. The topological polar surface area (TPSA) is 34.1 Å². The maximum atomic E-state index is 12.7. The number of carbonyl (C=O) groups is 2. The SMILES string of the molecule is CCCCCCc1ccc(C2(c3ccc(CCCCCC)cc3)c3c(sc4cc(C=O)sc34)-c3sc4c5c(sc4c32)-c2sc3cc(C=O)sc3c2C5(c2ccc(CCCCCC)cc2)c2ccc(CCCCCC)cc2)cc1. The number of rotatable bonds is 26. The van der Waals surface area contributed by atoms with E-state index in [2.05, 4.69) is 137 Å². The van der Waals surface area contributed by atoms with Crippen LogP contribution in [0.25, 0.3) is 47.7 Å². The lowest BCUT2D eigenvalue weighted by molar-refractivity contribution is 0.111. The summed E-state index contributed by atoms with van der Waals surface area (Å²) >= 11 is 11.2. The molecule has 10 aromatic rings. The molecule has 0 bridgehead atoms. The van der Waals surface area contributed by atoms with Gasteiger partial charge in [-0.05, 0) is 108 Å². The van der Waals surface area contributed by atoms with Gasteiger partial charge in [-0.25, -0.2) is 0 Å². The summed E-state index contributed by atoms with van der Waals surface area (Å²) in [7, 11) is 0. The van der Waals surface area contributed by atoms with Crippen LogP contribution in [0.3, 0.4) is 0 Å². The Hall–Kier alpha value is -4.80. The molecule has 0 saturated carbocycles. The molecule has 4 aromatic carbocycles. The number of thiophene rings is 6. The molecule has 2 nitrogen and oxygen atoms in total. The van der Waals surface area contributed by atoms with Crippen LogP contribution in [0.2, 0.25) is 0 Å². The normalized spacial score (nSPS) is 13.9. The van der Waals surface area contributed by atoms with Crippen molar-refractivity contribution in [2.45, 2.75) is 167 Å². The fraction of sp³-hybridized carbons (Fsp3) is 0.371. The molecule has 0 unspecified atom stereocenters. The Labute approximate surface area is 486 Å². The average Bonchev–Trinajstić information content (AvgIpc) is 2.09. The monoisotopic (exact) mass is 1140 g/mol. The second-order valence-electron chi connectivity index (χ2n) is 22.3. The summed E-state index contributed by atoms with van der Waals surface area (Å²) in [5.74, 6) is 0. The summed E-state index contributed by atoms with van der Waals surface area (Å²) in [4.78, 5) is 32.4. The van der Waals surface area contributed by atoms with Gasteiger partial charge in [0.1, 0.15) is 0 Å². The Balaban J connectivity index is 1.13. The van der Waals surface area contributed by atoms with Crippen LogP contribution in [0, 0.1) is 0 Å². The Bertz CT molecular complexity index is 3360. The number of benzene rings is 4. The predicted molar refractivity (Wildman–Crippen MR) is 343 cm³/mol. The van der Waals surface area contributed by atoms with Gasteiger partial charge in [0, 0.05) is 31.7 Å². The zero-order valence-electron chi connectivity index (χ0n) is 46.0. The van der Waals surface area contributed by atoms with Crippen molar-refractivity contribution in [2.24, 2.45) is 0 Å². The minimum absolute atomic E-state index is 0.620. The summed E-state index contributed by atoms with van der Waals surface area (Å²) < 4.78 is 7.67. The quantitative estimate of drug-likeness (QED) is 0.0400. The van der Waals surface area contributed by atoms with Crippen molar-refractivity contribution in [2.75, 3.05) is 0 Å². The van der Waals surface area contributed by atoms with E-state index >= 15 is 0 Å². The van der Waals surface area contributed by atoms with Crippen molar-refractivity contribution < 1.29 is 9.59 Å². The smallest absolute Gasteiger partial charge is 0.160 e. The van der Waals surface area contributed by atoms with E-state index in [1.165, 1.54) is 217 Å². The first kappa shape index (κ1) is 53.8. The van der Waals surface area contributed by atoms with Gasteiger partial charge >= 0.3 is 0 Å². The van der Waals surface area contributed by atoms with E-state index in [-0.39, 0.29) is 0 Å². The zero-order valence-corrected chi connectivity index (χ0v) is 50.9. The Morgan fingerprint density at radius 3 is 0.859 bits per heavy atom. The number of aryl methyl sites for hydroxylation is 4. The first-order valence-electron chi connectivity index (χ1n) is 29.4. The van der Waals surface area contributed by atoms with Gasteiger partial charge in [0.15, 0.2) is 12.6 Å². The van der Waals surface area contributed by atoms with Crippen molar-refractivity contribution in [3.05, 3.63) is 186 Å². The summed E-state index contributed by atoms with van der Waals surface area (Å²) in [6.07, 6.45) is 26.4. The van der Waals surface area contributed by atoms with Gasteiger partial charge < -0.3 is 0 Å². The third kappa shape index (κ3) is 9.21. The average molecular weight is 1140 g/mol. The van der Waals surface area contributed by atoms with Crippen LogP contribution in [-0.2, 0) is 36.5 Å². The lowest BCUT2D eigenvalue weighted by Gasteiger charge is -2.34. The summed E-state index contributed by atoms with van der Waals surface area (Å²) in [6.45, 7) is 9.17. The van der Waals surface area contributed by atoms with Crippen LogP contribution in [0.15, 0.2) is 109 Å². The van der Waals surface area contributed by atoms with Gasteiger partial charge in [-0.15, -0.1) is 68.0 Å². The maximum Gasteiger partial charge on any atom is 0.160 e. The maximum absolute atomic E-state index is 12.7. The van der Waals surface area contributed by atoms with E-state index in [0.29, 0.717) is 0 Å². The van der Waals surface area contributed by atoms with Gasteiger partial charge in [-0.1, -0.05) is 202 Å². The number of unbranched alkanes of at least 4 members (excludes halogenated alkanes) is 12. The van der Waals surface area contributed by atoms with Crippen molar-refractivity contribution in [1.82, 2.24) is 0 Å². The highest BCUT2D eigenvalue weighted by atomic mass is 32.1. The first-order valence-corrected chi connectivity index (χ1v) is 34.3. The van der Waals surface area contributed by atoms with Crippen LogP contribution >= 0.6 is 68.0 Å². The minimum atomic E-state index is -0.620. The molecule has 0 spiro atoms. The van der Waals surface area contributed by atoms with E-state index in [0.717, 1.165) is 48.0 Å². The summed E-state index contributed by atoms with van der Waals surface area (Å²) in [5.41, 5.74) is 15.1. The van der Waals surface area contributed by atoms with Crippen LogP contribution in [0.4, 0.5) is 0 Å². The fourth-order valence-corrected chi connectivity index (χ4v) is 21.8. The van der Waals surface area contributed by atoms with E-state index < -0.39 is 10.8 Å². The van der Waals surface area contributed by atoms with Crippen molar-refractivity contribution in [3.8, 4) is 19.5 Å². The number of hydrogen-bond acceptors (Lipinski definition) is 8. The molecule has 0 fully saturated rings. The largest absolute Gasteiger partial charge is 0.297 e. The van der Waals surface area contributed by atoms with Gasteiger partial charge in [0.05, 0.1) is 58.9 Å². The highest BCUT2D eigenvalue weighted by molar-refractivity contribution is 7.37. The highest BCUT2D eigenvalue weighted by Gasteiger charge is 2.56. The van der Waals surface area contributed by atoms with Gasteiger partial charge in [-0.3, -0.25) is 9.59 Å². The van der Waals surface area contributed by atoms with Crippen LogP contribution in [0.1, 0.15) is 217 Å². The first-order chi connectivity index (χ1) is 38.4. The van der Waals surface area contributed by atoms with Crippen molar-refractivity contribution in [1.29, 1.82) is 0 Å². The van der Waals surface area contributed by atoms with Gasteiger partial charge in [-0.2, -0.15) is 0 Å². The van der Waals surface area contributed by atoms with Gasteiger partial charge in [0.25, 0.3) is 0 Å². The third-order valence-corrected chi connectivity index (χ3v) is 24.8. The molecule has 12 rings (SSSR count). The highest BCUT2D eigenvalue weighted by Crippen LogP contribution is 2.72. The molecule has 0 saturated heterocycles. The van der Waals surface area contributed by atoms with E-state index in [1.54, 1.807) is 22.7 Å². The Morgan fingerprint density at radius 2 is 0.590 bits per heavy atom. The second kappa shape index (κ2) is 23.4. The Morgan fingerprint density at radius 1 is 0.321 bits per heavy atom. The lowest BCUT2D eigenvalue weighted by atomic mass is 9.67. The predicted octanol–water partition coefficient (Wildman–Crippen LogP) is 22.4. The van der Waals surface area contributed by atoms with Crippen molar-refractivity contribution in [3.63, 3.8) is 0 Å². The number of aldehydes is 2. The summed E-state index contributed by atoms with van der Waals surface area (Å²) in [5, 5.41) is 0. The zero-order chi connectivity index (χ0) is 53.4. The number of hydrogen-bond donors (Lipinski definition) is 0. The standard InChI is InChI=1S/C70H72O2S6/c1-5-9-13-17-21-45-25-33-49(34-26-45)69(50-35-27-46(28-36-50)22-18-14-10-6-2)57-61-55(41-53(43-71)73-61)75-63(57)65-59(69)67-68(77-65)60-66(78-67)64-58(62-56(76-64)42-54(44-72)74-62)70(60,51-37-29-47(30-38-51)23-19-15-11-7-3)52-39-31-48(32-40-52)24-20-16-12-8-4/h25-44H,5-24H2,1-4H3. The second-order valence-corrected chi connectivity index (χ2v) is 28.6.